The number of H-pyrrole nitrogens is 1. The van der Waals surface area contributed by atoms with Crippen molar-refractivity contribution >= 4 is 10.0 Å². The van der Waals surface area contributed by atoms with Crippen LogP contribution in [0.4, 0.5) is 4.39 Å². The fourth-order valence-electron chi connectivity index (χ4n) is 1.84. The molecule has 7 nitrogen and oxygen atoms in total. The number of halogens is 1. The number of aromatic amines is 1. The predicted octanol–water partition coefficient (Wildman–Crippen LogP) is 0.450. The number of aryl methyl sites for hydroxylation is 1. The number of benzene rings is 1. The van der Waals surface area contributed by atoms with Crippen molar-refractivity contribution in [2.24, 2.45) is 0 Å². The molecule has 0 saturated carbocycles. The lowest BCUT2D eigenvalue weighted by Crippen LogP contribution is -2.24. The lowest BCUT2D eigenvalue weighted by Gasteiger charge is -2.10. The summed E-state index contributed by atoms with van der Waals surface area (Å²) in [5, 5.41) is 8.99. The van der Waals surface area contributed by atoms with Crippen LogP contribution in [0.5, 0.6) is 0 Å². The van der Waals surface area contributed by atoms with Crippen LogP contribution >= 0.6 is 0 Å². The first-order valence-corrected chi connectivity index (χ1v) is 7.70. The molecule has 0 aliphatic carbocycles. The molecule has 1 heterocycles. The summed E-state index contributed by atoms with van der Waals surface area (Å²) in [4.78, 5) is 3.85. The first kappa shape index (κ1) is 15.5. The van der Waals surface area contributed by atoms with Crippen molar-refractivity contribution in [2.75, 3.05) is 7.05 Å². The standard InChI is InChI=1S/C12H16FN5O2S/c1-8-3-10(4-9(5-14-2)12(8)13)21(19,20)17-6-11-15-7-16-18-11/h3-4,7,14,17H,5-6H2,1-2H3,(H,15,16,18). The van der Waals surface area contributed by atoms with Gasteiger partial charge < -0.3 is 5.32 Å². The Balaban J connectivity index is 2.27. The maximum absolute atomic E-state index is 13.9. The Morgan fingerprint density at radius 2 is 2.10 bits per heavy atom. The number of hydrogen-bond donors (Lipinski definition) is 3. The normalized spacial score (nSPS) is 11.8. The molecular weight excluding hydrogens is 297 g/mol. The minimum atomic E-state index is -3.75. The molecule has 0 atom stereocenters. The van der Waals surface area contributed by atoms with Crippen molar-refractivity contribution in [3.8, 4) is 0 Å². The molecule has 0 amide bonds. The summed E-state index contributed by atoms with van der Waals surface area (Å²) >= 11 is 0. The molecule has 9 heteroatoms. The van der Waals surface area contributed by atoms with Gasteiger partial charge in [-0.1, -0.05) is 0 Å². The molecule has 0 saturated heterocycles. The summed E-state index contributed by atoms with van der Waals surface area (Å²) in [6, 6.07) is 2.62. The Kier molecular flexibility index (Phi) is 4.66. The van der Waals surface area contributed by atoms with Crippen molar-refractivity contribution in [2.45, 2.75) is 24.9 Å². The van der Waals surface area contributed by atoms with Crippen LogP contribution in [0.3, 0.4) is 0 Å². The molecule has 0 spiro atoms. The molecule has 21 heavy (non-hydrogen) atoms. The van der Waals surface area contributed by atoms with Crippen LogP contribution in [0.25, 0.3) is 0 Å². The molecule has 0 radical (unpaired) electrons. The number of aromatic nitrogens is 3. The van der Waals surface area contributed by atoms with E-state index >= 15 is 0 Å². The van der Waals surface area contributed by atoms with Gasteiger partial charge in [0.2, 0.25) is 10.0 Å². The van der Waals surface area contributed by atoms with Crippen LogP contribution < -0.4 is 10.0 Å². The third-order valence-corrected chi connectivity index (χ3v) is 4.26. The van der Waals surface area contributed by atoms with E-state index in [2.05, 4.69) is 25.2 Å². The minimum absolute atomic E-state index is 0.0138. The molecule has 1 aromatic heterocycles. The van der Waals surface area contributed by atoms with Crippen molar-refractivity contribution in [1.82, 2.24) is 25.2 Å². The van der Waals surface area contributed by atoms with Gasteiger partial charge >= 0.3 is 0 Å². The van der Waals surface area contributed by atoms with E-state index in [1.165, 1.54) is 25.4 Å². The van der Waals surface area contributed by atoms with Gasteiger partial charge in [0.25, 0.3) is 0 Å². The molecule has 1 aromatic carbocycles. The topological polar surface area (TPSA) is 99.8 Å². The van der Waals surface area contributed by atoms with E-state index in [1.807, 2.05) is 0 Å². The second-order valence-corrected chi connectivity index (χ2v) is 6.27. The SMILES string of the molecule is CNCc1cc(S(=O)(=O)NCc2ncn[nH]2)cc(C)c1F. The maximum atomic E-state index is 13.9. The highest BCUT2D eigenvalue weighted by Crippen LogP contribution is 2.19. The zero-order valence-corrected chi connectivity index (χ0v) is 12.5. The molecule has 2 aromatic rings. The first-order valence-electron chi connectivity index (χ1n) is 6.21. The number of nitrogens with zero attached hydrogens (tertiary/aromatic N) is 2. The van der Waals surface area contributed by atoms with E-state index in [4.69, 9.17) is 0 Å². The Bertz CT molecular complexity index is 715. The summed E-state index contributed by atoms with van der Waals surface area (Å²) in [5.41, 5.74) is 0.584. The Labute approximate surface area is 122 Å². The number of nitrogens with one attached hydrogen (secondary N) is 3. The van der Waals surface area contributed by atoms with Crippen LogP contribution in [-0.4, -0.2) is 30.6 Å². The van der Waals surface area contributed by atoms with Gasteiger partial charge in [0, 0.05) is 12.1 Å². The molecule has 3 N–H and O–H groups in total. The van der Waals surface area contributed by atoms with E-state index in [9.17, 15) is 12.8 Å². The Hall–Kier alpha value is -1.84. The average molecular weight is 313 g/mol. The van der Waals surface area contributed by atoms with Crippen molar-refractivity contribution in [3.05, 3.63) is 41.2 Å². The highest BCUT2D eigenvalue weighted by molar-refractivity contribution is 7.89. The third kappa shape index (κ3) is 3.63. The first-order chi connectivity index (χ1) is 9.94. The van der Waals surface area contributed by atoms with Crippen molar-refractivity contribution in [3.63, 3.8) is 0 Å². The van der Waals surface area contributed by atoms with E-state index in [0.717, 1.165) is 0 Å². The molecule has 0 aliphatic heterocycles. The predicted molar refractivity (Wildman–Crippen MR) is 74.3 cm³/mol. The lowest BCUT2D eigenvalue weighted by molar-refractivity contribution is 0.574. The number of sulfonamides is 1. The van der Waals surface area contributed by atoms with E-state index in [-0.39, 0.29) is 23.5 Å². The molecule has 0 aliphatic rings. The second-order valence-electron chi connectivity index (χ2n) is 4.50. The summed E-state index contributed by atoms with van der Waals surface area (Å²) < 4.78 is 40.7. The van der Waals surface area contributed by atoms with E-state index < -0.39 is 15.8 Å². The Morgan fingerprint density at radius 1 is 1.33 bits per heavy atom. The van der Waals surface area contributed by atoms with Crippen LogP contribution in [0.2, 0.25) is 0 Å². The molecule has 114 valence electrons. The van der Waals surface area contributed by atoms with Gasteiger partial charge in [-0.05, 0) is 31.7 Å². The largest absolute Gasteiger partial charge is 0.316 e. The smallest absolute Gasteiger partial charge is 0.240 e. The third-order valence-electron chi connectivity index (χ3n) is 2.88. The van der Waals surface area contributed by atoms with Gasteiger partial charge in [-0.2, -0.15) is 5.10 Å². The second kappa shape index (κ2) is 6.29. The van der Waals surface area contributed by atoms with E-state index in [0.29, 0.717) is 11.4 Å². The monoisotopic (exact) mass is 313 g/mol. The lowest BCUT2D eigenvalue weighted by atomic mass is 10.1. The molecule has 0 fully saturated rings. The number of rotatable bonds is 6. The fourth-order valence-corrected chi connectivity index (χ4v) is 2.97. The van der Waals surface area contributed by atoms with Crippen LogP contribution in [0.1, 0.15) is 17.0 Å². The summed E-state index contributed by atoms with van der Waals surface area (Å²) in [5.74, 6) is -0.00797. The zero-order chi connectivity index (χ0) is 15.5. The average Bonchev–Trinajstić information content (AvgIpc) is 2.95. The van der Waals surface area contributed by atoms with Gasteiger partial charge in [0.15, 0.2) is 0 Å². The fraction of sp³-hybridized carbons (Fsp3) is 0.333. The molecular formula is C12H16FN5O2S. The highest BCUT2D eigenvalue weighted by atomic mass is 32.2. The zero-order valence-electron chi connectivity index (χ0n) is 11.6. The van der Waals surface area contributed by atoms with Gasteiger partial charge in [-0.3, -0.25) is 5.10 Å². The molecule has 0 unspecified atom stereocenters. The summed E-state index contributed by atoms with van der Waals surface area (Å²) in [6.45, 7) is 1.77. The minimum Gasteiger partial charge on any atom is -0.316 e. The highest BCUT2D eigenvalue weighted by Gasteiger charge is 2.18. The number of hydrogen-bond acceptors (Lipinski definition) is 5. The van der Waals surface area contributed by atoms with Crippen molar-refractivity contribution in [1.29, 1.82) is 0 Å². The summed E-state index contributed by atoms with van der Waals surface area (Å²) in [7, 11) is -2.08. The van der Waals surface area contributed by atoms with Gasteiger partial charge in [0.05, 0.1) is 11.4 Å². The maximum Gasteiger partial charge on any atom is 0.240 e. The molecule has 2 rings (SSSR count). The van der Waals surface area contributed by atoms with Crippen LogP contribution in [0, 0.1) is 12.7 Å². The quantitative estimate of drug-likeness (QED) is 0.719. The van der Waals surface area contributed by atoms with Gasteiger partial charge in [0.1, 0.15) is 18.0 Å². The van der Waals surface area contributed by atoms with Crippen LogP contribution in [0.15, 0.2) is 23.4 Å². The molecule has 0 bridgehead atoms. The Morgan fingerprint density at radius 3 is 2.71 bits per heavy atom. The summed E-state index contributed by atoms with van der Waals surface area (Å²) in [6.07, 6.45) is 1.29. The van der Waals surface area contributed by atoms with Gasteiger partial charge in [-0.25, -0.2) is 22.5 Å². The van der Waals surface area contributed by atoms with E-state index in [1.54, 1.807) is 7.05 Å². The van der Waals surface area contributed by atoms with Gasteiger partial charge in [-0.15, -0.1) is 0 Å². The van der Waals surface area contributed by atoms with Crippen LogP contribution in [-0.2, 0) is 23.1 Å². The van der Waals surface area contributed by atoms with Crippen molar-refractivity contribution < 1.29 is 12.8 Å².